The predicted molar refractivity (Wildman–Crippen MR) is 104 cm³/mol. The van der Waals surface area contributed by atoms with E-state index in [0.29, 0.717) is 18.0 Å². The van der Waals surface area contributed by atoms with Crippen LogP contribution >= 0.6 is 23.7 Å². The van der Waals surface area contributed by atoms with E-state index in [2.05, 4.69) is 10.4 Å². The highest BCUT2D eigenvalue weighted by Crippen LogP contribution is 2.31. The van der Waals surface area contributed by atoms with Crippen LogP contribution in [0.15, 0.2) is 30.3 Å². The number of hydrogen-bond donors (Lipinski definition) is 1. The SMILES string of the molecule is Cc1nn(C)c2sc(C(=O)N3CCNCC3c3cccc(F)c3)cc12.Cl. The highest BCUT2D eigenvalue weighted by Gasteiger charge is 2.30. The Hall–Kier alpha value is -1.96. The normalized spacial score (nSPS) is 17.3. The van der Waals surface area contributed by atoms with Crippen molar-refractivity contribution in [2.75, 3.05) is 19.6 Å². The minimum Gasteiger partial charge on any atom is -0.328 e. The molecule has 138 valence electrons. The van der Waals surface area contributed by atoms with Gasteiger partial charge < -0.3 is 10.2 Å². The van der Waals surface area contributed by atoms with Gasteiger partial charge >= 0.3 is 0 Å². The first-order valence-corrected chi connectivity index (χ1v) is 9.06. The van der Waals surface area contributed by atoms with E-state index in [4.69, 9.17) is 0 Å². The number of thiophene rings is 1. The molecule has 0 bridgehead atoms. The molecule has 3 aromatic rings. The number of benzene rings is 1. The van der Waals surface area contributed by atoms with Crippen LogP contribution in [0.1, 0.15) is 27.0 Å². The maximum absolute atomic E-state index is 13.6. The fourth-order valence-electron chi connectivity index (χ4n) is 3.41. The van der Waals surface area contributed by atoms with Gasteiger partial charge in [-0.05, 0) is 30.7 Å². The maximum Gasteiger partial charge on any atom is 0.264 e. The zero-order valence-corrected chi connectivity index (χ0v) is 16.2. The molecule has 0 spiro atoms. The lowest BCUT2D eigenvalue weighted by Crippen LogP contribution is -2.48. The number of amides is 1. The molecule has 0 radical (unpaired) electrons. The first-order chi connectivity index (χ1) is 12.0. The number of aromatic nitrogens is 2. The van der Waals surface area contributed by atoms with Crippen LogP contribution in [0.25, 0.3) is 10.2 Å². The molecule has 8 heteroatoms. The van der Waals surface area contributed by atoms with E-state index in [-0.39, 0.29) is 30.2 Å². The van der Waals surface area contributed by atoms with Crippen LogP contribution in [-0.2, 0) is 7.05 Å². The molecule has 1 atom stereocenters. The first-order valence-electron chi connectivity index (χ1n) is 8.25. The third-order valence-corrected chi connectivity index (χ3v) is 5.83. The van der Waals surface area contributed by atoms with E-state index in [9.17, 15) is 9.18 Å². The van der Waals surface area contributed by atoms with Gasteiger partial charge in [0.15, 0.2) is 0 Å². The van der Waals surface area contributed by atoms with Gasteiger partial charge in [-0.1, -0.05) is 12.1 Å². The van der Waals surface area contributed by atoms with Gasteiger partial charge in [-0.3, -0.25) is 9.48 Å². The molecule has 3 heterocycles. The Balaban J connectivity index is 0.00000196. The number of rotatable bonds is 2. The number of carbonyl (C=O) groups excluding carboxylic acids is 1. The van der Waals surface area contributed by atoms with Gasteiger partial charge in [-0.2, -0.15) is 5.10 Å². The summed E-state index contributed by atoms with van der Waals surface area (Å²) in [5, 5.41) is 8.71. The average Bonchev–Trinajstić information content (AvgIpc) is 3.16. The lowest BCUT2D eigenvalue weighted by atomic mass is 10.0. The van der Waals surface area contributed by atoms with Crippen LogP contribution in [0.3, 0.4) is 0 Å². The van der Waals surface area contributed by atoms with Crippen molar-refractivity contribution < 1.29 is 9.18 Å². The first kappa shape index (κ1) is 18.8. The van der Waals surface area contributed by atoms with Crippen molar-refractivity contribution >= 4 is 39.9 Å². The summed E-state index contributed by atoms with van der Waals surface area (Å²) in [7, 11) is 1.89. The summed E-state index contributed by atoms with van der Waals surface area (Å²) in [6.07, 6.45) is 0. The summed E-state index contributed by atoms with van der Waals surface area (Å²) in [5.41, 5.74) is 1.74. The largest absolute Gasteiger partial charge is 0.328 e. The molecule has 4 rings (SSSR count). The van der Waals surface area contributed by atoms with Crippen molar-refractivity contribution in [3.63, 3.8) is 0 Å². The Morgan fingerprint density at radius 2 is 2.19 bits per heavy atom. The quantitative estimate of drug-likeness (QED) is 0.725. The Labute approximate surface area is 161 Å². The molecular weight excluding hydrogens is 375 g/mol. The van der Waals surface area contributed by atoms with Gasteiger partial charge in [0.25, 0.3) is 5.91 Å². The molecule has 1 saturated heterocycles. The number of nitrogens with one attached hydrogen (secondary N) is 1. The van der Waals surface area contributed by atoms with Gasteiger partial charge in [0, 0.05) is 32.1 Å². The van der Waals surface area contributed by atoms with Gasteiger partial charge in [0.05, 0.1) is 16.6 Å². The molecule has 1 N–H and O–H groups in total. The van der Waals surface area contributed by atoms with Gasteiger partial charge in [0.1, 0.15) is 10.6 Å². The van der Waals surface area contributed by atoms with E-state index in [1.165, 1.54) is 23.5 Å². The van der Waals surface area contributed by atoms with E-state index >= 15 is 0 Å². The van der Waals surface area contributed by atoms with Crippen LogP contribution in [0.5, 0.6) is 0 Å². The molecule has 0 aliphatic carbocycles. The molecular formula is C18H20ClFN4OS. The van der Waals surface area contributed by atoms with Gasteiger partial charge in [-0.15, -0.1) is 23.7 Å². The van der Waals surface area contributed by atoms with E-state index < -0.39 is 0 Å². The third-order valence-electron chi connectivity index (χ3n) is 4.64. The number of aryl methyl sites for hydroxylation is 2. The lowest BCUT2D eigenvalue weighted by molar-refractivity contribution is 0.0639. The molecule has 1 amide bonds. The van der Waals surface area contributed by atoms with Crippen molar-refractivity contribution in [3.8, 4) is 0 Å². The number of hydrogen-bond acceptors (Lipinski definition) is 4. The van der Waals surface area contributed by atoms with E-state index in [0.717, 1.165) is 28.0 Å². The van der Waals surface area contributed by atoms with Crippen molar-refractivity contribution in [1.82, 2.24) is 20.0 Å². The van der Waals surface area contributed by atoms with Crippen LogP contribution in [0, 0.1) is 12.7 Å². The number of piperazine rings is 1. The predicted octanol–water partition coefficient (Wildman–Crippen LogP) is 3.29. The standard InChI is InChI=1S/C18H19FN4OS.ClH/c1-11-14-9-16(25-18(14)22(2)21-11)17(24)23-7-6-20-10-15(23)12-4-3-5-13(19)8-12;/h3-5,8-9,15,20H,6-7,10H2,1-2H3;1H. The third kappa shape index (κ3) is 3.22. The van der Waals surface area contributed by atoms with Crippen LogP contribution < -0.4 is 5.32 Å². The number of halogens is 2. The van der Waals surface area contributed by atoms with Crippen LogP contribution in [0.4, 0.5) is 4.39 Å². The molecule has 1 fully saturated rings. The Bertz CT molecular complexity index is 919. The zero-order valence-electron chi connectivity index (χ0n) is 14.5. The van der Waals surface area contributed by atoms with Crippen molar-refractivity contribution in [2.45, 2.75) is 13.0 Å². The molecule has 1 aliphatic rings. The van der Waals surface area contributed by atoms with Gasteiger partial charge in [0.2, 0.25) is 0 Å². The average molecular weight is 395 g/mol. The minimum atomic E-state index is -0.279. The second-order valence-corrected chi connectivity index (χ2v) is 7.34. The summed E-state index contributed by atoms with van der Waals surface area (Å²) < 4.78 is 15.4. The summed E-state index contributed by atoms with van der Waals surface area (Å²) >= 11 is 1.46. The summed E-state index contributed by atoms with van der Waals surface area (Å²) in [5.74, 6) is -0.282. The highest BCUT2D eigenvalue weighted by molar-refractivity contribution is 7.20. The molecule has 1 aliphatic heterocycles. The summed E-state index contributed by atoms with van der Waals surface area (Å²) in [6.45, 7) is 3.92. The Kier molecular flexibility index (Phi) is 5.32. The van der Waals surface area contributed by atoms with Crippen molar-refractivity contribution in [1.29, 1.82) is 0 Å². The number of nitrogens with zero attached hydrogens (tertiary/aromatic N) is 3. The zero-order chi connectivity index (χ0) is 17.6. The number of carbonyl (C=O) groups is 1. The lowest BCUT2D eigenvalue weighted by Gasteiger charge is -2.36. The molecule has 5 nitrogen and oxygen atoms in total. The fourth-order valence-corrected chi connectivity index (χ4v) is 4.49. The molecule has 1 unspecified atom stereocenters. The second-order valence-electron chi connectivity index (χ2n) is 6.31. The molecule has 26 heavy (non-hydrogen) atoms. The highest BCUT2D eigenvalue weighted by atomic mass is 35.5. The van der Waals surface area contributed by atoms with Crippen LogP contribution in [-0.4, -0.2) is 40.2 Å². The number of fused-ring (bicyclic) bond motifs is 1. The monoisotopic (exact) mass is 394 g/mol. The summed E-state index contributed by atoms with van der Waals surface area (Å²) in [4.78, 5) is 16.7. The molecule has 1 aromatic carbocycles. The van der Waals surface area contributed by atoms with E-state index in [1.54, 1.807) is 6.07 Å². The molecule has 0 saturated carbocycles. The Morgan fingerprint density at radius 1 is 1.38 bits per heavy atom. The van der Waals surface area contributed by atoms with Crippen molar-refractivity contribution in [2.24, 2.45) is 7.05 Å². The van der Waals surface area contributed by atoms with Crippen molar-refractivity contribution in [3.05, 3.63) is 52.3 Å². The smallest absolute Gasteiger partial charge is 0.264 e. The fraction of sp³-hybridized carbons (Fsp3) is 0.333. The maximum atomic E-state index is 13.6. The minimum absolute atomic E-state index is 0. The van der Waals surface area contributed by atoms with Crippen LogP contribution in [0.2, 0.25) is 0 Å². The van der Waals surface area contributed by atoms with Gasteiger partial charge in [-0.25, -0.2) is 4.39 Å². The second kappa shape index (κ2) is 7.34. The molecule has 2 aromatic heterocycles. The van der Waals surface area contributed by atoms with E-state index in [1.807, 2.05) is 35.7 Å². The Morgan fingerprint density at radius 3 is 2.92 bits per heavy atom. The summed E-state index contributed by atoms with van der Waals surface area (Å²) in [6, 6.07) is 8.26. The topological polar surface area (TPSA) is 50.2 Å².